The lowest BCUT2D eigenvalue weighted by molar-refractivity contribution is -0.168. The summed E-state index contributed by atoms with van der Waals surface area (Å²) < 4.78 is 12.0. The molecule has 248 valence electrons. The smallest absolute Gasteiger partial charge is 0.306 e. The summed E-state index contributed by atoms with van der Waals surface area (Å²) >= 11 is 0. The molecule has 0 aromatic carbocycles. The van der Waals surface area contributed by atoms with Gasteiger partial charge in [-0.3, -0.25) is 9.59 Å². The summed E-state index contributed by atoms with van der Waals surface area (Å²) in [5, 5.41) is 0. The lowest BCUT2D eigenvalue weighted by Gasteiger charge is -2.26. The van der Waals surface area contributed by atoms with Crippen molar-refractivity contribution in [2.45, 2.75) is 219 Å². The average Bonchev–Trinajstić information content (AvgIpc) is 2.98. The second kappa shape index (κ2) is 32.6. The Morgan fingerprint density at radius 3 is 1.14 bits per heavy atom. The minimum Gasteiger partial charge on any atom is -0.458 e. The molecule has 0 spiro atoms. The molecule has 0 bridgehead atoms. The second-order valence-corrected chi connectivity index (χ2v) is 12.6. The van der Waals surface area contributed by atoms with Crippen molar-refractivity contribution in [1.29, 1.82) is 0 Å². The zero-order valence-corrected chi connectivity index (χ0v) is 28.6. The number of rotatable bonds is 33. The van der Waals surface area contributed by atoms with Crippen LogP contribution in [0.4, 0.5) is 0 Å². The predicted octanol–water partition coefficient (Wildman–Crippen LogP) is 12.4. The maximum atomic E-state index is 12.8. The van der Waals surface area contributed by atoms with E-state index in [0.29, 0.717) is 19.3 Å². The van der Waals surface area contributed by atoms with Crippen molar-refractivity contribution in [3.8, 4) is 0 Å². The van der Waals surface area contributed by atoms with Gasteiger partial charge >= 0.3 is 11.9 Å². The van der Waals surface area contributed by atoms with E-state index < -0.39 is 6.10 Å². The molecule has 0 fully saturated rings. The summed E-state index contributed by atoms with van der Waals surface area (Å²) in [6.07, 6.45) is 33.6. The fourth-order valence-corrected chi connectivity index (χ4v) is 5.68. The van der Waals surface area contributed by atoms with Gasteiger partial charge in [0.1, 0.15) is 12.2 Å². The van der Waals surface area contributed by atoms with Crippen LogP contribution in [0, 0.1) is 0 Å². The molecule has 0 aliphatic heterocycles. The first-order valence-electron chi connectivity index (χ1n) is 18.6. The number of hydrogen-bond acceptors (Lipinski definition) is 4. The highest BCUT2D eigenvalue weighted by Gasteiger charge is 2.27. The van der Waals surface area contributed by atoms with Gasteiger partial charge in [-0.2, -0.15) is 0 Å². The SMILES string of the molecule is C=CCC(OC(=O)CCCCCCCCCCC)C(CCCCCCCCC)OC(=O)CCCCCCCCCCC. The summed E-state index contributed by atoms with van der Waals surface area (Å²) in [7, 11) is 0. The summed E-state index contributed by atoms with van der Waals surface area (Å²) in [5.74, 6) is -0.306. The van der Waals surface area contributed by atoms with Crippen molar-refractivity contribution in [3.05, 3.63) is 12.7 Å². The van der Waals surface area contributed by atoms with Gasteiger partial charge < -0.3 is 9.47 Å². The molecule has 4 nitrogen and oxygen atoms in total. The molecule has 0 saturated heterocycles. The van der Waals surface area contributed by atoms with Crippen molar-refractivity contribution >= 4 is 11.9 Å². The van der Waals surface area contributed by atoms with E-state index in [9.17, 15) is 9.59 Å². The van der Waals surface area contributed by atoms with Crippen LogP contribution in [0.5, 0.6) is 0 Å². The topological polar surface area (TPSA) is 52.6 Å². The Bertz CT molecular complexity index is 602. The molecule has 0 radical (unpaired) electrons. The molecule has 4 heteroatoms. The Labute approximate surface area is 262 Å². The minimum absolute atomic E-state index is 0.144. The van der Waals surface area contributed by atoms with Crippen LogP contribution >= 0.6 is 0 Å². The molecule has 0 saturated carbocycles. The molecule has 0 aliphatic rings. The highest BCUT2D eigenvalue weighted by atomic mass is 16.6. The van der Waals surface area contributed by atoms with Gasteiger partial charge in [0.2, 0.25) is 0 Å². The standard InChI is InChI=1S/C38H72O4/c1-5-9-12-15-18-20-23-26-29-33-37(39)41-35(31-8-4)36(32-28-25-22-17-14-11-7-3)42-38(40)34-30-27-24-21-19-16-13-10-6-2/h8,35-36H,4-7,9-34H2,1-3H3. The van der Waals surface area contributed by atoms with E-state index in [4.69, 9.17) is 9.47 Å². The van der Waals surface area contributed by atoms with Gasteiger partial charge in [0, 0.05) is 19.3 Å². The molecule has 0 amide bonds. The third-order valence-corrected chi connectivity index (χ3v) is 8.44. The van der Waals surface area contributed by atoms with Crippen LogP contribution in [0.1, 0.15) is 207 Å². The van der Waals surface area contributed by atoms with Crippen LogP contribution in [0.2, 0.25) is 0 Å². The number of carbonyl (C=O) groups excluding carboxylic acids is 2. The lowest BCUT2D eigenvalue weighted by atomic mass is 10.0. The normalized spacial score (nSPS) is 12.6. The zero-order chi connectivity index (χ0) is 30.9. The van der Waals surface area contributed by atoms with Gasteiger partial charge in [-0.05, 0) is 25.7 Å². The monoisotopic (exact) mass is 593 g/mol. The van der Waals surface area contributed by atoms with Crippen molar-refractivity contribution in [2.75, 3.05) is 0 Å². The Hall–Kier alpha value is -1.32. The molecule has 0 N–H and O–H groups in total. The summed E-state index contributed by atoms with van der Waals surface area (Å²) in [4.78, 5) is 25.6. The van der Waals surface area contributed by atoms with Gasteiger partial charge in [0.05, 0.1) is 0 Å². The molecule has 2 atom stereocenters. The fourth-order valence-electron chi connectivity index (χ4n) is 5.68. The van der Waals surface area contributed by atoms with E-state index in [1.54, 1.807) is 6.08 Å². The van der Waals surface area contributed by atoms with Crippen LogP contribution in [-0.4, -0.2) is 24.1 Å². The third kappa shape index (κ3) is 27.5. The quantitative estimate of drug-likeness (QED) is 0.0432. The van der Waals surface area contributed by atoms with Crippen molar-refractivity contribution < 1.29 is 19.1 Å². The number of ether oxygens (including phenoxy) is 2. The highest BCUT2D eigenvalue weighted by molar-refractivity contribution is 5.70. The van der Waals surface area contributed by atoms with Gasteiger partial charge in [-0.25, -0.2) is 0 Å². The number of carbonyl (C=O) groups is 2. The van der Waals surface area contributed by atoms with E-state index in [1.165, 1.54) is 122 Å². The highest BCUT2D eigenvalue weighted by Crippen LogP contribution is 2.21. The minimum atomic E-state index is -0.430. The zero-order valence-electron chi connectivity index (χ0n) is 28.6. The third-order valence-electron chi connectivity index (χ3n) is 8.44. The van der Waals surface area contributed by atoms with Gasteiger partial charge in [0.25, 0.3) is 0 Å². The number of esters is 2. The van der Waals surface area contributed by atoms with E-state index in [2.05, 4.69) is 27.4 Å². The lowest BCUT2D eigenvalue weighted by Crippen LogP contribution is -2.35. The maximum absolute atomic E-state index is 12.8. The van der Waals surface area contributed by atoms with Crippen LogP contribution in [0.3, 0.4) is 0 Å². The summed E-state index contributed by atoms with van der Waals surface area (Å²) in [6, 6.07) is 0. The van der Waals surface area contributed by atoms with Crippen molar-refractivity contribution in [2.24, 2.45) is 0 Å². The Morgan fingerprint density at radius 1 is 0.476 bits per heavy atom. The van der Waals surface area contributed by atoms with E-state index in [1.807, 2.05) is 0 Å². The second-order valence-electron chi connectivity index (χ2n) is 12.6. The van der Waals surface area contributed by atoms with Crippen LogP contribution < -0.4 is 0 Å². The number of hydrogen-bond donors (Lipinski definition) is 0. The summed E-state index contributed by atoms with van der Waals surface area (Å²) in [6.45, 7) is 10.6. The van der Waals surface area contributed by atoms with Crippen LogP contribution in [0.25, 0.3) is 0 Å². The van der Waals surface area contributed by atoms with Crippen LogP contribution in [0.15, 0.2) is 12.7 Å². The maximum Gasteiger partial charge on any atom is 0.306 e. The molecule has 0 heterocycles. The molecule has 0 aromatic heterocycles. The van der Waals surface area contributed by atoms with E-state index in [0.717, 1.165) is 44.9 Å². The largest absolute Gasteiger partial charge is 0.458 e. The van der Waals surface area contributed by atoms with E-state index >= 15 is 0 Å². The van der Waals surface area contributed by atoms with E-state index in [-0.39, 0.29) is 18.0 Å². The molecule has 2 unspecified atom stereocenters. The van der Waals surface area contributed by atoms with Gasteiger partial charge in [-0.1, -0.05) is 168 Å². The van der Waals surface area contributed by atoms with Crippen LogP contribution in [-0.2, 0) is 19.1 Å². The first-order valence-corrected chi connectivity index (χ1v) is 18.6. The number of unbranched alkanes of at least 4 members (excludes halogenated alkanes) is 22. The molecular weight excluding hydrogens is 520 g/mol. The average molecular weight is 593 g/mol. The molecule has 0 rings (SSSR count). The Kier molecular flexibility index (Phi) is 31.6. The molecular formula is C38H72O4. The predicted molar refractivity (Wildman–Crippen MR) is 181 cm³/mol. The fraction of sp³-hybridized carbons (Fsp3) is 0.895. The van der Waals surface area contributed by atoms with Gasteiger partial charge in [0.15, 0.2) is 0 Å². The molecule has 0 aliphatic carbocycles. The molecule has 0 aromatic rings. The Balaban J connectivity index is 4.62. The first kappa shape index (κ1) is 40.7. The van der Waals surface area contributed by atoms with Gasteiger partial charge in [-0.15, -0.1) is 6.58 Å². The van der Waals surface area contributed by atoms with Crippen molar-refractivity contribution in [3.63, 3.8) is 0 Å². The first-order chi connectivity index (χ1) is 20.6. The molecule has 42 heavy (non-hydrogen) atoms. The van der Waals surface area contributed by atoms with Crippen molar-refractivity contribution in [1.82, 2.24) is 0 Å². The summed E-state index contributed by atoms with van der Waals surface area (Å²) in [5.41, 5.74) is 0. The Morgan fingerprint density at radius 2 is 0.786 bits per heavy atom.